The van der Waals surface area contributed by atoms with Crippen LogP contribution in [0, 0.1) is 5.92 Å². The van der Waals surface area contributed by atoms with Crippen LogP contribution in [0.15, 0.2) is 24.3 Å². The van der Waals surface area contributed by atoms with Crippen LogP contribution in [0.2, 0.25) is 0 Å². The van der Waals surface area contributed by atoms with Gasteiger partial charge >= 0.3 is 0 Å². The lowest BCUT2D eigenvalue weighted by Gasteiger charge is -2.12. The lowest BCUT2D eigenvalue weighted by Crippen LogP contribution is -2.25. The summed E-state index contributed by atoms with van der Waals surface area (Å²) in [6, 6.07) is 7.41. The monoisotopic (exact) mass is 263 g/mol. The van der Waals surface area contributed by atoms with Crippen molar-refractivity contribution < 1.29 is 9.53 Å². The molecule has 2 rings (SSSR count). The van der Waals surface area contributed by atoms with Crippen molar-refractivity contribution in [2.24, 2.45) is 11.7 Å². The van der Waals surface area contributed by atoms with Gasteiger partial charge in [0.2, 0.25) is 5.91 Å². The second-order valence-electron chi connectivity index (χ2n) is 4.90. The van der Waals surface area contributed by atoms with E-state index in [4.69, 9.17) is 10.5 Å². The molecule has 1 aromatic carbocycles. The van der Waals surface area contributed by atoms with Gasteiger partial charge in [-0.25, -0.2) is 0 Å². The highest BCUT2D eigenvalue weighted by Crippen LogP contribution is 2.20. The Hall–Kier alpha value is -1.59. The number of carbonyl (C=O) groups is 1. The molecule has 0 radical (unpaired) electrons. The number of nitrogens with two attached hydrogens (primary N) is 1. The van der Waals surface area contributed by atoms with E-state index < -0.39 is 0 Å². The van der Waals surface area contributed by atoms with Crippen LogP contribution in [0.1, 0.15) is 6.42 Å². The number of hydrogen-bond acceptors (Lipinski definition) is 4. The van der Waals surface area contributed by atoms with Crippen molar-refractivity contribution in [3.05, 3.63) is 24.3 Å². The van der Waals surface area contributed by atoms with E-state index in [1.807, 2.05) is 31.3 Å². The van der Waals surface area contributed by atoms with Gasteiger partial charge in [-0.05, 0) is 32.1 Å². The molecule has 1 atom stereocenters. The Bertz CT molecular complexity index is 436. The SMILES string of the molecule is CN1CCC(C(=O)Nc2cccc(OCCN)c2)C1. The van der Waals surface area contributed by atoms with Crippen molar-refractivity contribution in [2.45, 2.75) is 6.42 Å². The minimum atomic E-state index is 0.0821. The summed E-state index contributed by atoms with van der Waals surface area (Å²) in [7, 11) is 2.04. The number of rotatable bonds is 5. The molecule has 1 amide bonds. The van der Waals surface area contributed by atoms with Crippen molar-refractivity contribution in [3.63, 3.8) is 0 Å². The predicted octanol–water partition coefficient (Wildman–Crippen LogP) is 0.914. The fourth-order valence-electron chi connectivity index (χ4n) is 2.23. The third kappa shape index (κ3) is 3.94. The van der Waals surface area contributed by atoms with Gasteiger partial charge in [0.1, 0.15) is 12.4 Å². The molecule has 1 aromatic rings. The summed E-state index contributed by atoms with van der Waals surface area (Å²) in [4.78, 5) is 14.3. The molecule has 5 heteroatoms. The van der Waals surface area contributed by atoms with Crippen molar-refractivity contribution in [1.29, 1.82) is 0 Å². The molecule has 1 saturated heterocycles. The molecule has 1 aliphatic rings. The first kappa shape index (κ1) is 13.8. The first-order valence-corrected chi connectivity index (χ1v) is 6.61. The molecule has 104 valence electrons. The van der Waals surface area contributed by atoms with E-state index in [1.54, 1.807) is 0 Å². The number of nitrogens with zero attached hydrogens (tertiary/aromatic N) is 1. The fraction of sp³-hybridized carbons (Fsp3) is 0.500. The van der Waals surface area contributed by atoms with Gasteiger partial charge < -0.3 is 20.7 Å². The number of anilines is 1. The number of amides is 1. The van der Waals surface area contributed by atoms with Crippen LogP contribution in [-0.2, 0) is 4.79 Å². The molecular weight excluding hydrogens is 242 g/mol. The highest BCUT2D eigenvalue weighted by Gasteiger charge is 2.25. The van der Waals surface area contributed by atoms with E-state index in [1.165, 1.54) is 0 Å². The van der Waals surface area contributed by atoms with Gasteiger partial charge in [-0.15, -0.1) is 0 Å². The highest BCUT2D eigenvalue weighted by molar-refractivity contribution is 5.93. The van der Waals surface area contributed by atoms with Crippen LogP contribution in [0.25, 0.3) is 0 Å². The average molecular weight is 263 g/mol. The summed E-state index contributed by atoms with van der Waals surface area (Å²) in [6.07, 6.45) is 0.922. The van der Waals surface area contributed by atoms with Crippen LogP contribution < -0.4 is 15.8 Å². The molecule has 0 spiro atoms. The molecule has 3 N–H and O–H groups in total. The maximum atomic E-state index is 12.1. The van der Waals surface area contributed by atoms with Gasteiger partial charge in [-0.1, -0.05) is 6.07 Å². The zero-order valence-electron chi connectivity index (χ0n) is 11.3. The van der Waals surface area contributed by atoms with E-state index >= 15 is 0 Å². The Labute approximate surface area is 113 Å². The van der Waals surface area contributed by atoms with Crippen LogP contribution in [0.5, 0.6) is 5.75 Å². The quantitative estimate of drug-likeness (QED) is 0.829. The molecule has 1 unspecified atom stereocenters. The molecule has 19 heavy (non-hydrogen) atoms. The maximum absolute atomic E-state index is 12.1. The predicted molar refractivity (Wildman–Crippen MR) is 75.2 cm³/mol. The molecular formula is C14H21N3O2. The van der Waals surface area contributed by atoms with Crippen LogP contribution in [0.4, 0.5) is 5.69 Å². The molecule has 0 saturated carbocycles. The first-order valence-electron chi connectivity index (χ1n) is 6.61. The summed E-state index contributed by atoms with van der Waals surface area (Å²) in [5.74, 6) is 0.894. The molecule has 5 nitrogen and oxygen atoms in total. The Morgan fingerprint density at radius 2 is 2.42 bits per heavy atom. The van der Waals surface area contributed by atoms with E-state index in [9.17, 15) is 4.79 Å². The number of ether oxygens (including phenoxy) is 1. The van der Waals surface area contributed by atoms with Crippen molar-refractivity contribution in [3.8, 4) is 5.75 Å². The van der Waals surface area contributed by atoms with E-state index in [-0.39, 0.29) is 11.8 Å². The topological polar surface area (TPSA) is 67.6 Å². The van der Waals surface area contributed by atoms with Gasteiger partial charge in [0.25, 0.3) is 0 Å². The van der Waals surface area contributed by atoms with Crippen molar-refractivity contribution >= 4 is 11.6 Å². The third-order valence-electron chi connectivity index (χ3n) is 3.25. The minimum absolute atomic E-state index is 0.0821. The Morgan fingerprint density at radius 1 is 1.58 bits per heavy atom. The summed E-state index contributed by atoms with van der Waals surface area (Å²) < 4.78 is 5.44. The van der Waals surface area contributed by atoms with Crippen molar-refractivity contribution in [1.82, 2.24) is 4.90 Å². The van der Waals surface area contributed by atoms with E-state index in [0.29, 0.717) is 13.2 Å². The Balaban J connectivity index is 1.93. The number of benzene rings is 1. The van der Waals surface area contributed by atoms with Crippen LogP contribution >= 0.6 is 0 Å². The number of hydrogen-bond donors (Lipinski definition) is 2. The maximum Gasteiger partial charge on any atom is 0.228 e. The molecule has 1 heterocycles. The van der Waals surface area contributed by atoms with Gasteiger partial charge in [0, 0.05) is 24.8 Å². The average Bonchev–Trinajstić information content (AvgIpc) is 2.83. The van der Waals surface area contributed by atoms with Crippen LogP contribution in [0.3, 0.4) is 0 Å². The summed E-state index contributed by atoms with van der Waals surface area (Å²) in [5.41, 5.74) is 6.16. The molecule has 0 bridgehead atoms. The molecule has 0 aromatic heterocycles. The summed E-state index contributed by atoms with van der Waals surface area (Å²) >= 11 is 0. The summed E-state index contributed by atoms with van der Waals surface area (Å²) in [5, 5.41) is 2.94. The lowest BCUT2D eigenvalue weighted by atomic mass is 10.1. The third-order valence-corrected chi connectivity index (χ3v) is 3.25. The highest BCUT2D eigenvalue weighted by atomic mass is 16.5. The van der Waals surface area contributed by atoms with E-state index in [2.05, 4.69) is 10.2 Å². The first-order chi connectivity index (χ1) is 9.19. The molecule has 0 aliphatic carbocycles. The zero-order chi connectivity index (χ0) is 13.7. The number of nitrogens with one attached hydrogen (secondary N) is 1. The molecule has 1 aliphatic heterocycles. The zero-order valence-corrected chi connectivity index (χ0v) is 11.3. The number of likely N-dealkylation sites (tertiary alicyclic amines) is 1. The van der Waals surface area contributed by atoms with Gasteiger partial charge in [-0.2, -0.15) is 0 Å². The van der Waals surface area contributed by atoms with Gasteiger partial charge in [-0.3, -0.25) is 4.79 Å². The fourth-order valence-corrected chi connectivity index (χ4v) is 2.23. The Kier molecular flexibility index (Phi) is 4.76. The van der Waals surface area contributed by atoms with Crippen LogP contribution in [-0.4, -0.2) is 44.1 Å². The Morgan fingerprint density at radius 3 is 3.11 bits per heavy atom. The second kappa shape index (κ2) is 6.54. The minimum Gasteiger partial charge on any atom is -0.492 e. The lowest BCUT2D eigenvalue weighted by molar-refractivity contribution is -0.119. The summed E-state index contributed by atoms with van der Waals surface area (Å²) in [6.45, 7) is 2.77. The normalized spacial score (nSPS) is 19.4. The van der Waals surface area contributed by atoms with Gasteiger partial charge in [0.05, 0.1) is 5.92 Å². The van der Waals surface area contributed by atoms with E-state index in [0.717, 1.165) is 30.9 Å². The standard InChI is InChI=1S/C14H21N3O2/c1-17-7-5-11(10-17)14(18)16-12-3-2-4-13(9-12)19-8-6-15/h2-4,9,11H,5-8,10,15H2,1H3,(H,16,18). The smallest absolute Gasteiger partial charge is 0.228 e. The second-order valence-corrected chi connectivity index (χ2v) is 4.90. The largest absolute Gasteiger partial charge is 0.492 e. The molecule has 1 fully saturated rings. The van der Waals surface area contributed by atoms with Gasteiger partial charge in [0.15, 0.2) is 0 Å². The number of carbonyl (C=O) groups excluding carboxylic acids is 1. The van der Waals surface area contributed by atoms with Crippen molar-refractivity contribution in [2.75, 3.05) is 38.6 Å².